The van der Waals surface area contributed by atoms with Gasteiger partial charge in [0.15, 0.2) is 0 Å². The van der Waals surface area contributed by atoms with E-state index in [9.17, 15) is 4.79 Å². The molecule has 0 bridgehead atoms. The molecule has 3 aromatic rings. The normalized spacial score (nSPS) is 11.2. The average molecular weight is 240 g/mol. The Morgan fingerprint density at radius 3 is 2.83 bits per heavy atom. The van der Waals surface area contributed by atoms with Crippen molar-refractivity contribution in [2.45, 2.75) is 6.54 Å². The molecular formula is C15H14NO2+. The highest BCUT2D eigenvalue weighted by Crippen LogP contribution is 2.26. The minimum atomic E-state index is -0.283. The van der Waals surface area contributed by atoms with Crippen LogP contribution in [0.5, 0.6) is 0 Å². The molecule has 0 aliphatic carbocycles. The molecule has 0 fully saturated rings. The third-order valence-electron chi connectivity index (χ3n) is 3.14. The lowest BCUT2D eigenvalue weighted by Gasteiger charge is -2.06. The summed E-state index contributed by atoms with van der Waals surface area (Å²) in [6, 6.07) is 13.6. The van der Waals surface area contributed by atoms with Gasteiger partial charge in [-0.25, -0.2) is 4.79 Å². The van der Waals surface area contributed by atoms with Crippen LogP contribution in [-0.2, 0) is 6.54 Å². The van der Waals surface area contributed by atoms with Gasteiger partial charge in [-0.1, -0.05) is 30.3 Å². The van der Waals surface area contributed by atoms with Gasteiger partial charge in [-0.05, 0) is 16.8 Å². The Morgan fingerprint density at radius 2 is 2.00 bits per heavy atom. The standard InChI is InChI=1S/C15H13NO2/c1-16-9-11-8-14(17)18-13-7-6-10-4-2-3-5-12(10)15(11)13/h2-8,16H,9H2,1H3/p+1. The fourth-order valence-electron chi connectivity index (χ4n) is 2.40. The molecular weight excluding hydrogens is 226 g/mol. The van der Waals surface area contributed by atoms with Crippen molar-refractivity contribution in [3.63, 3.8) is 0 Å². The topological polar surface area (TPSA) is 46.8 Å². The Labute approximate surface area is 104 Å². The van der Waals surface area contributed by atoms with E-state index in [-0.39, 0.29) is 5.63 Å². The second-order valence-corrected chi connectivity index (χ2v) is 4.36. The van der Waals surface area contributed by atoms with Crippen molar-refractivity contribution < 1.29 is 9.73 Å². The zero-order chi connectivity index (χ0) is 12.5. The van der Waals surface area contributed by atoms with Crippen molar-refractivity contribution in [1.29, 1.82) is 0 Å². The second kappa shape index (κ2) is 4.27. The molecule has 0 radical (unpaired) electrons. The Hall–Kier alpha value is -2.13. The summed E-state index contributed by atoms with van der Waals surface area (Å²) < 4.78 is 5.29. The first-order chi connectivity index (χ1) is 8.79. The van der Waals surface area contributed by atoms with Gasteiger partial charge in [-0.3, -0.25) is 0 Å². The molecule has 1 aromatic heterocycles. The van der Waals surface area contributed by atoms with E-state index >= 15 is 0 Å². The van der Waals surface area contributed by atoms with Crippen LogP contribution in [0.15, 0.2) is 51.7 Å². The highest BCUT2D eigenvalue weighted by molar-refractivity contribution is 6.06. The van der Waals surface area contributed by atoms with E-state index in [1.165, 1.54) is 0 Å². The van der Waals surface area contributed by atoms with Crippen molar-refractivity contribution in [3.8, 4) is 0 Å². The molecule has 0 aliphatic heterocycles. The molecule has 0 saturated carbocycles. The fourth-order valence-corrected chi connectivity index (χ4v) is 2.40. The van der Waals surface area contributed by atoms with Crippen molar-refractivity contribution in [3.05, 3.63) is 58.4 Å². The molecule has 0 aliphatic rings. The number of nitrogens with two attached hydrogens (primary N) is 1. The SMILES string of the molecule is C[NH2+]Cc1cc(=O)oc2ccc3ccccc3c12. The summed E-state index contributed by atoms with van der Waals surface area (Å²) in [6.45, 7) is 0.774. The van der Waals surface area contributed by atoms with E-state index in [2.05, 4.69) is 17.4 Å². The fraction of sp³-hybridized carbons (Fsp3) is 0.133. The van der Waals surface area contributed by atoms with Crippen LogP contribution in [0.3, 0.4) is 0 Å². The smallest absolute Gasteiger partial charge is 0.336 e. The molecule has 90 valence electrons. The molecule has 3 rings (SSSR count). The van der Waals surface area contributed by atoms with E-state index in [4.69, 9.17) is 4.42 Å². The molecule has 0 spiro atoms. The molecule has 0 amide bonds. The van der Waals surface area contributed by atoms with Crippen molar-refractivity contribution >= 4 is 21.7 Å². The maximum Gasteiger partial charge on any atom is 0.336 e. The highest BCUT2D eigenvalue weighted by Gasteiger charge is 2.09. The van der Waals surface area contributed by atoms with Crippen LogP contribution >= 0.6 is 0 Å². The van der Waals surface area contributed by atoms with Gasteiger partial charge in [0.05, 0.1) is 7.05 Å². The number of fused-ring (bicyclic) bond motifs is 3. The van der Waals surface area contributed by atoms with Crippen molar-refractivity contribution in [1.82, 2.24) is 0 Å². The summed E-state index contributed by atoms with van der Waals surface area (Å²) in [5.41, 5.74) is 1.41. The van der Waals surface area contributed by atoms with Gasteiger partial charge in [0.25, 0.3) is 0 Å². The summed E-state index contributed by atoms with van der Waals surface area (Å²) in [5, 5.41) is 5.40. The monoisotopic (exact) mass is 240 g/mol. The second-order valence-electron chi connectivity index (χ2n) is 4.36. The van der Waals surface area contributed by atoms with Crippen LogP contribution in [0.4, 0.5) is 0 Å². The van der Waals surface area contributed by atoms with Crippen LogP contribution in [0.1, 0.15) is 5.56 Å². The predicted octanol–water partition coefficient (Wildman–Crippen LogP) is 1.64. The van der Waals surface area contributed by atoms with Gasteiger partial charge in [0, 0.05) is 17.0 Å². The minimum absolute atomic E-state index is 0.283. The van der Waals surface area contributed by atoms with Gasteiger partial charge in [-0.2, -0.15) is 0 Å². The zero-order valence-electron chi connectivity index (χ0n) is 10.1. The molecule has 0 saturated heterocycles. The molecule has 0 atom stereocenters. The summed E-state index contributed by atoms with van der Waals surface area (Å²) in [5.74, 6) is 0. The van der Waals surface area contributed by atoms with Gasteiger partial charge < -0.3 is 9.73 Å². The van der Waals surface area contributed by atoms with Crippen LogP contribution < -0.4 is 10.9 Å². The van der Waals surface area contributed by atoms with Crippen LogP contribution in [-0.4, -0.2) is 7.05 Å². The van der Waals surface area contributed by atoms with Crippen molar-refractivity contribution in [2.24, 2.45) is 0 Å². The summed E-state index contributed by atoms with van der Waals surface area (Å²) in [4.78, 5) is 11.5. The lowest BCUT2D eigenvalue weighted by molar-refractivity contribution is -0.643. The molecule has 2 N–H and O–H groups in total. The lowest BCUT2D eigenvalue weighted by atomic mass is 10.0. The van der Waals surface area contributed by atoms with Gasteiger partial charge >= 0.3 is 5.63 Å². The van der Waals surface area contributed by atoms with E-state index in [1.54, 1.807) is 6.07 Å². The van der Waals surface area contributed by atoms with Gasteiger partial charge in [-0.15, -0.1) is 0 Å². The van der Waals surface area contributed by atoms with Crippen LogP contribution in [0, 0.1) is 0 Å². The zero-order valence-corrected chi connectivity index (χ0v) is 10.1. The van der Waals surface area contributed by atoms with E-state index in [0.29, 0.717) is 5.58 Å². The average Bonchev–Trinajstić information content (AvgIpc) is 2.38. The molecule has 1 heterocycles. The quantitative estimate of drug-likeness (QED) is 0.547. The lowest BCUT2D eigenvalue weighted by Crippen LogP contribution is -2.77. The molecule has 2 aromatic carbocycles. The summed E-state index contributed by atoms with van der Waals surface area (Å²) in [6.07, 6.45) is 0. The first-order valence-corrected chi connectivity index (χ1v) is 6.02. The maximum atomic E-state index is 11.5. The number of hydrogen-bond donors (Lipinski definition) is 1. The van der Waals surface area contributed by atoms with Crippen molar-refractivity contribution in [2.75, 3.05) is 7.05 Å². The number of benzene rings is 2. The number of quaternary nitrogens is 1. The highest BCUT2D eigenvalue weighted by atomic mass is 16.4. The third-order valence-corrected chi connectivity index (χ3v) is 3.14. The molecule has 3 heteroatoms. The van der Waals surface area contributed by atoms with Crippen LogP contribution in [0.2, 0.25) is 0 Å². The Morgan fingerprint density at radius 1 is 1.17 bits per heavy atom. The third kappa shape index (κ3) is 1.69. The number of rotatable bonds is 2. The van der Waals surface area contributed by atoms with E-state index in [0.717, 1.165) is 28.3 Å². The van der Waals surface area contributed by atoms with Gasteiger partial charge in [0.1, 0.15) is 12.1 Å². The summed E-state index contributed by atoms with van der Waals surface area (Å²) in [7, 11) is 1.99. The molecule has 3 nitrogen and oxygen atoms in total. The van der Waals surface area contributed by atoms with E-state index in [1.807, 2.05) is 31.3 Å². The first-order valence-electron chi connectivity index (χ1n) is 6.02. The Balaban J connectivity index is 2.50. The minimum Gasteiger partial charge on any atom is -0.423 e. The number of hydrogen-bond acceptors (Lipinski definition) is 2. The summed E-state index contributed by atoms with van der Waals surface area (Å²) >= 11 is 0. The van der Waals surface area contributed by atoms with E-state index < -0.39 is 0 Å². The predicted molar refractivity (Wildman–Crippen MR) is 71.5 cm³/mol. The Bertz CT molecular complexity index is 774. The maximum absolute atomic E-state index is 11.5. The molecule has 18 heavy (non-hydrogen) atoms. The van der Waals surface area contributed by atoms with Crippen LogP contribution in [0.25, 0.3) is 21.7 Å². The molecule has 0 unspecified atom stereocenters. The first kappa shape index (κ1) is 11.0. The Kier molecular flexibility index (Phi) is 2.61. The largest absolute Gasteiger partial charge is 0.423 e. The van der Waals surface area contributed by atoms with Gasteiger partial charge in [0.2, 0.25) is 0 Å².